The fourth-order valence-corrected chi connectivity index (χ4v) is 2.00. The molecule has 78 valence electrons. The first-order valence-electron chi connectivity index (χ1n) is 4.57. The molecule has 0 unspecified atom stereocenters. The number of fused-ring (bicyclic) bond motifs is 1. The van der Waals surface area contributed by atoms with Gasteiger partial charge in [-0.1, -0.05) is 12.1 Å². The topological polar surface area (TPSA) is 48.0 Å². The molecule has 3 nitrogen and oxygen atoms in total. The maximum absolute atomic E-state index is 13.5. The van der Waals surface area contributed by atoms with Gasteiger partial charge in [0.1, 0.15) is 11.5 Å². The summed E-state index contributed by atoms with van der Waals surface area (Å²) >= 11 is 0. The first-order chi connectivity index (χ1) is 7.04. The second-order valence-electron chi connectivity index (χ2n) is 3.53. The lowest BCUT2D eigenvalue weighted by Gasteiger charge is -2.00. The number of carbonyl (C=O) groups excluding carboxylic acids is 1. The molecule has 1 heterocycles. The maximum Gasteiger partial charge on any atom is 0.265 e. The van der Waals surface area contributed by atoms with Crippen molar-refractivity contribution in [2.24, 2.45) is 12.8 Å². The first kappa shape index (κ1) is 9.71. The van der Waals surface area contributed by atoms with Crippen molar-refractivity contribution in [3.8, 4) is 0 Å². The molecule has 2 rings (SSSR count). The molecule has 2 N–H and O–H groups in total. The molecule has 1 aromatic heterocycles. The summed E-state index contributed by atoms with van der Waals surface area (Å²) < 4.78 is 15.0. The van der Waals surface area contributed by atoms with Crippen LogP contribution in [0.25, 0.3) is 10.9 Å². The molecule has 0 spiro atoms. The van der Waals surface area contributed by atoms with E-state index in [2.05, 4.69) is 0 Å². The van der Waals surface area contributed by atoms with Crippen molar-refractivity contribution in [3.05, 3.63) is 35.3 Å². The van der Waals surface area contributed by atoms with Crippen LogP contribution in [0.3, 0.4) is 0 Å². The molecule has 4 heteroatoms. The largest absolute Gasteiger partial charge is 0.364 e. The van der Waals surface area contributed by atoms with Crippen LogP contribution in [-0.4, -0.2) is 10.5 Å². The van der Waals surface area contributed by atoms with E-state index in [-0.39, 0.29) is 5.82 Å². The third-order valence-corrected chi connectivity index (χ3v) is 2.65. The van der Waals surface area contributed by atoms with E-state index in [0.29, 0.717) is 11.2 Å². The van der Waals surface area contributed by atoms with Crippen LogP contribution in [0, 0.1) is 12.7 Å². The minimum atomic E-state index is -0.536. The standard InChI is InChI=1S/C11H11FN2O/c1-6-7-4-3-5-8(12)10(7)14(2)9(6)11(13)15/h3-5H,1-2H3,(H2,13,15). The normalized spacial score (nSPS) is 10.9. The Bertz CT molecular complexity index is 557. The number of primary amides is 1. The van der Waals surface area contributed by atoms with E-state index in [9.17, 15) is 9.18 Å². The molecule has 1 amide bonds. The molecule has 2 aromatic rings. The van der Waals surface area contributed by atoms with Crippen LogP contribution >= 0.6 is 0 Å². The SMILES string of the molecule is Cc1c(C(N)=O)n(C)c2c(F)cccc12. The zero-order valence-electron chi connectivity index (χ0n) is 8.54. The minimum Gasteiger partial charge on any atom is -0.364 e. The lowest BCUT2D eigenvalue weighted by molar-refractivity contribution is 0.0992. The molecule has 0 saturated heterocycles. The summed E-state index contributed by atoms with van der Waals surface area (Å²) in [5.41, 5.74) is 6.75. The van der Waals surface area contributed by atoms with Gasteiger partial charge in [0.25, 0.3) is 5.91 Å². The highest BCUT2D eigenvalue weighted by molar-refractivity contribution is 6.00. The van der Waals surface area contributed by atoms with Gasteiger partial charge in [-0.15, -0.1) is 0 Å². The average molecular weight is 206 g/mol. The van der Waals surface area contributed by atoms with Crippen LogP contribution in [0.4, 0.5) is 4.39 Å². The van der Waals surface area contributed by atoms with E-state index in [1.54, 1.807) is 26.1 Å². The third kappa shape index (κ3) is 1.21. The van der Waals surface area contributed by atoms with Crippen molar-refractivity contribution in [3.63, 3.8) is 0 Å². The van der Waals surface area contributed by atoms with E-state index < -0.39 is 5.91 Å². The fourth-order valence-electron chi connectivity index (χ4n) is 2.00. The van der Waals surface area contributed by atoms with E-state index in [1.807, 2.05) is 0 Å². The van der Waals surface area contributed by atoms with Gasteiger partial charge in [0, 0.05) is 12.4 Å². The number of halogens is 1. The van der Waals surface area contributed by atoms with E-state index in [4.69, 9.17) is 5.73 Å². The number of nitrogens with zero attached hydrogens (tertiary/aromatic N) is 1. The predicted molar refractivity (Wildman–Crippen MR) is 56.1 cm³/mol. The summed E-state index contributed by atoms with van der Waals surface area (Å²) in [6, 6.07) is 4.77. The van der Waals surface area contributed by atoms with Crippen molar-refractivity contribution < 1.29 is 9.18 Å². The highest BCUT2D eigenvalue weighted by Gasteiger charge is 2.17. The molecule has 0 saturated carbocycles. The smallest absolute Gasteiger partial charge is 0.265 e. The van der Waals surface area contributed by atoms with Crippen molar-refractivity contribution in [2.45, 2.75) is 6.92 Å². The van der Waals surface area contributed by atoms with Crippen molar-refractivity contribution in [1.29, 1.82) is 0 Å². The quantitative estimate of drug-likeness (QED) is 0.758. The van der Waals surface area contributed by atoms with Crippen molar-refractivity contribution in [1.82, 2.24) is 4.57 Å². The van der Waals surface area contributed by atoms with E-state index in [1.165, 1.54) is 10.6 Å². The monoisotopic (exact) mass is 206 g/mol. The van der Waals surface area contributed by atoms with Crippen LogP contribution in [0.1, 0.15) is 16.1 Å². The average Bonchev–Trinajstić information content (AvgIpc) is 2.40. The Morgan fingerprint density at radius 1 is 1.47 bits per heavy atom. The molecular weight excluding hydrogens is 195 g/mol. The first-order valence-corrected chi connectivity index (χ1v) is 4.57. The summed E-state index contributed by atoms with van der Waals surface area (Å²) in [6.07, 6.45) is 0. The van der Waals surface area contributed by atoms with Gasteiger partial charge in [-0.3, -0.25) is 4.79 Å². The molecule has 0 fully saturated rings. The lowest BCUT2D eigenvalue weighted by Crippen LogP contribution is -2.16. The molecule has 15 heavy (non-hydrogen) atoms. The highest BCUT2D eigenvalue weighted by atomic mass is 19.1. The third-order valence-electron chi connectivity index (χ3n) is 2.65. The Morgan fingerprint density at radius 2 is 2.13 bits per heavy atom. The van der Waals surface area contributed by atoms with E-state index >= 15 is 0 Å². The molecule has 0 aliphatic heterocycles. The molecule has 0 atom stereocenters. The van der Waals surface area contributed by atoms with Crippen LogP contribution in [0.15, 0.2) is 18.2 Å². The molecular formula is C11H11FN2O. The number of hydrogen-bond acceptors (Lipinski definition) is 1. The molecule has 1 aromatic carbocycles. The Labute approximate surface area is 86.3 Å². The number of benzene rings is 1. The zero-order valence-corrected chi connectivity index (χ0v) is 8.54. The second-order valence-corrected chi connectivity index (χ2v) is 3.53. The van der Waals surface area contributed by atoms with E-state index in [0.717, 1.165) is 10.9 Å². The summed E-state index contributed by atoms with van der Waals surface area (Å²) in [7, 11) is 1.64. The van der Waals surface area contributed by atoms with Gasteiger partial charge >= 0.3 is 0 Å². The van der Waals surface area contributed by atoms with Crippen LogP contribution < -0.4 is 5.73 Å². The number of rotatable bonds is 1. The van der Waals surface area contributed by atoms with Crippen LogP contribution in [-0.2, 0) is 7.05 Å². The Hall–Kier alpha value is -1.84. The number of nitrogens with two attached hydrogens (primary N) is 1. The fraction of sp³-hybridized carbons (Fsp3) is 0.182. The van der Waals surface area contributed by atoms with Gasteiger partial charge in [0.05, 0.1) is 5.52 Å². The van der Waals surface area contributed by atoms with Gasteiger partial charge in [-0.05, 0) is 18.6 Å². The Morgan fingerprint density at radius 3 is 2.67 bits per heavy atom. The van der Waals surface area contributed by atoms with Gasteiger partial charge in [-0.2, -0.15) is 0 Å². The summed E-state index contributed by atoms with van der Waals surface area (Å²) in [4.78, 5) is 11.2. The lowest BCUT2D eigenvalue weighted by atomic mass is 10.1. The number of carbonyl (C=O) groups is 1. The number of para-hydroxylation sites is 1. The number of aryl methyl sites for hydroxylation is 2. The van der Waals surface area contributed by atoms with Crippen molar-refractivity contribution >= 4 is 16.8 Å². The molecule has 0 radical (unpaired) electrons. The Balaban J connectivity index is 2.98. The van der Waals surface area contributed by atoms with Gasteiger partial charge in [-0.25, -0.2) is 4.39 Å². The van der Waals surface area contributed by atoms with Crippen LogP contribution in [0.2, 0.25) is 0 Å². The molecule has 0 aliphatic rings. The van der Waals surface area contributed by atoms with Gasteiger partial charge in [0.15, 0.2) is 0 Å². The number of hydrogen-bond donors (Lipinski definition) is 1. The van der Waals surface area contributed by atoms with Gasteiger partial charge in [0.2, 0.25) is 0 Å². The summed E-state index contributed by atoms with van der Waals surface area (Å²) in [5, 5.41) is 0.728. The maximum atomic E-state index is 13.5. The summed E-state index contributed by atoms with van der Waals surface area (Å²) in [6.45, 7) is 1.77. The van der Waals surface area contributed by atoms with Crippen molar-refractivity contribution in [2.75, 3.05) is 0 Å². The Kier molecular flexibility index (Phi) is 2.00. The number of amides is 1. The molecule has 0 aliphatic carbocycles. The van der Waals surface area contributed by atoms with Crippen LogP contribution in [0.5, 0.6) is 0 Å². The highest BCUT2D eigenvalue weighted by Crippen LogP contribution is 2.26. The second kappa shape index (κ2) is 3.08. The zero-order chi connectivity index (χ0) is 11.2. The summed E-state index contributed by atoms with van der Waals surface area (Å²) in [5.74, 6) is -0.879. The predicted octanol–water partition coefficient (Wildman–Crippen LogP) is 1.72. The minimum absolute atomic E-state index is 0.342. The molecule has 0 bridgehead atoms. The number of aromatic nitrogens is 1. The van der Waals surface area contributed by atoms with Gasteiger partial charge < -0.3 is 10.3 Å².